The average molecular weight is 285 g/mol. The lowest BCUT2D eigenvalue weighted by atomic mass is 10.2. The normalized spacial score (nSPS) is 11.6. The van der Waals surface area contributed by atoms with Crippen LogP contribution in [0.3, 0.4) is 0 Å². The highest BCUT2D eigenvalue weighted by atomic mass is 19.4. The fourth-order valence-electron chi connectivity index (χ4n) is 1.66. The van der Waals surface area contributed by atoms with E-state index in [2.05, 4.69) is 0 Å². The Balaban J connectivity index is 2.67. The third-order valence-corrected chi connectivity index (χ3v) is 2.67. The molecule has 1 aromatic heterocycles. The summed E-state index contributed by atoms with van der Waals surface area (Å²) in [6.07, 6.45) is -3.93. The number of phenols is 1. The van der Waals surface area contributed by atoms with Crippen molar-refractivity contribution in [2.24, 2.45) is 0 Å². The number of benzene rings is 1. The highest BCUT2D eigenvalue weighted by molar-refractivity contribution is 5.70. The number of hydrogen-bond acceptors (Lipinski definition) is 4. The number of rotatable bonds is 1. The van der Waals surface area contributed by atoms with Gasteiger partial charge in [-0.15, -0.1) is 0 Å². The second-order valence-corrected chi connectivity index (χ2v) is 4.10. The van der Waals surface area contributed by atoms with Crippen LogP contribution in [0, 0.1) is 0 Å². The largest absolute Gasteiger partial charge is 0.504 e. The molecule has 106 valence electrons. The van der Waals surface area contributed by atoms with E-state index in [4.69, 9.17) is 11.5 Å². The first-order chi connectivity index (χ1) is 9.20. The van der Waals surface area contributed by atoms with Crippen LogP contribution in [0.2, 0.25) is 0 Å². The molecule has 20 heavy (non-hydrogen) atoms. The Morgan fingerprint density at radius 2 is 1.65 bits per heavy atom. The fraction of sp³-hybridized carbons (Fsp3) is 0.0833. The molecule has 2 aromatic rings. The molecule has 0 saturated carbocycles. The molecular weight excluding hydrogens is 275 g/mol. The number of nitrogens with zero attached hydrogens (tertiary/aromatic N) is 1. The van der Waals surface area contributed by atoms with Gasteiger partial charge < -0.3 is 16.6 Å². The molecule has 0 aliphatic heterocycles. The molecule has 0 atom stereocenters. The van der Waals surface area contributed by atoms with Crippen molar-refractivity contribution in [3.05, 3.63) is 46.4 Å². The lowest BCUT2D eigenvalue weighted by Gasteiger charge is -2.12. The first-order valence-electron chi connectivity index (χ1n) is 5.38. The zero-order valence-corrected chi connectivity index (χ0v) is 9.98. The Bertz CT molecular complexity index is 700. The van der Waals surface area contributed by atoms with Crippen molar-refractivity contribution in [1.29, 1.82) is 0 Å². The smallest absolute Gasteiger partial charge is 0.417 e. The minimum atomic E-state index is -4.58. The monoisotopic (exact) mass is 285 g/mol. The Kier molecular flexibility index (Phi) is 3.09. The van der Waals surface area contributed by atoms with E-state index in [9.17, 15) is 23.1 Å². The summed E-state index contributed by atoms with van der Waals surface area (Å²) in [5.41, 5.74) is 9.03. The second kappa shape index (κ2) is 4.48. The van der Waals surface area contributed by atoms with Crippen molar-refractivity contribution in [2.75, 3.05) is 11.5 Å². The molecular formula is C12H10F3N3O2. The summed E-state index contributed by atoms with van der Waals surface area (Å²) in [5.74, 6) is -0.381. The van der Waals surface area contributed by atoms with Gasteiger partial charge in [0, 0.05) is 12.3 Å². The molecule has 5 N–H and O–H groups in total. The first kappa shape index (κ1) is 13.8. The molecule has 0 radical (unpaired) electrons. The summed E-state index contributed by atoms with van der Waals surface area (Å²) >= 11 is 0. The Morgan fingerprint density at radius 3 is 2.15 bits per heavy atom. The first-order valence-corrected chi connectivity index (χ1v) is 5.38. The fourth-order valence-corrected chi connectivity index (χ4v) is 1.66. The van der Waals surface area contributed by atoms with E-state index >= 15 is 0 Å². The van der Waals surface area contributed by atoms with Gasteiger partial charge in [0.25, 0.3) is 5.56 Å². The van der Waals surface area contributed by atoms with Crippen LogP contribution in [-0.4, -0.2) is 9.67 Å². The molecule has 0 amide bonds. The van der Waals surface area contributed by atoms with E-state index in [-0.39, 0.29) is 22.8 Å². The van der Waals surface area contributed by atoms with E-state index in [0.717, 1.165) is 22.8 Å². The van der Waals surface area contributed by atoms with Crippen molar-refractivity contribution < 1.29 is 18.3 Å². The van der Waals surface area contributed by atoms with Crippen LogP contribution in [0.5, 0.6) is 5.75 Å². The lowest BCUT2D eigenvalue weighted by molar-refractivity contribution is -0.138. The molecule has 0 aliphatic carbocycles. The maximum absolute atomic E-state index is 12.6. The molecule has 0 spiro atoms. The summed E-state index contributed by atoms with van der Waals surface area (Å²) in [6, 6.07) is 3.80. The van der Waals surface area contributed by atoms with Gasteiger partial charge in [0.15, 0.2) is 5.75 Å². The number of halogens is 3. The van der Waals surface area contributed by atoms with Crippen molar-refractivity contribution in [3.8, 4) is 11.4 Å². The number of anilines is 2. The molecule has 0 bridgehead atoms. The predicted octanol–water partition coefficient (Wildman–Crippen LogP) is 1.73. The van der Waals surface area contributed by atoms with Crippen molar-refractivity contribution >= 4 is 11.4 Å². The molecule has 5 nitrogen and oxygen atoms in total. The SMILES string of the molecule is Nc1cc(-n2cc(C(F)(F)F)ccc2=O)cc(N)c1O. The Labute approximate surface area is 110 Å². The number of phenolic OH excluding ortho intramolecular Hbond substituents is 1. The van der Waals surface area contributed by atoms with Crippen molar-refractivity contribution in [1.82, 2.24) is 4.57 Å². The molecule has 0 unspecified atom stereocenters. The molecule has 8 heteroatoms. The molecule has 0 aliphatic rings. The lowest BCUT2D eigenvalue weighted by Crippen LogP contribution is -2.20. The maximum atomic E-state index is 12.6. The zero-order valence-electron chi connectivity index (χ0n) is 9.98. The van der Waals surface area contributed by atoms with Crippen molar-refractivity contribution in [3.63, 3.8) is 0 Å². The second-order valence-electron chi connectivity index (χ2n) is 4.10. The maximum Gasteiger partial charge on any atom is 0.417 e. The number of alkyl halides is 3. The van der Waals surface area contributed by atoms with Gasteiger partial charge in [0.1, 0.15) is 0 Å². The van der Waals surface area contributed by atoms with E-state index in [0.29, 0.717) is 12.3 Å². The van der Waals surface area contributed by atoms with Crippen LogP contribution in [0.25, 0.3) is 5.69 Å². The number of aromatic hydroxyl groups is 1. The van der Waals surface area contributed by atoms with Crippen LogP contribution >= 0.6 is 0 Å². The van der Waals surface area contributed by atoms with E-state index in [1.807, 2.05) is 0 Å². The van der Waals surface area contributed by atoms with Gasteiger partial charge in [-0.25, -0.2) is 0 Å². The van der Waals surface area contributed by atoms with E-state index in [1.54, 1.807) is 0 Å². The summed E-state index contributed by atoms with van der Waals surface area (Å²) in [4.78, 5) is 11.7. The minimum Gasteiger partial charge on any atom is -0.504 e. The average Bonchev–Trinajstić information content (AvgIpc) is 2.34. The highest BCUT2D eigenvalue weighted by Gasteiger charge is 2.31. The van der Waals surface area contributed by atoms with Gasteiger partial charge in [-0.3, -0.25) is 9.36 Å². The number of nitrogens with two attached hydrogens (primary N) is 2. The van der Waals surface area contributed by atoms with Gasteiger partial charge in [0.05, 0.1) is 22.6 Å². The van der Waals surface area contributed by atoms with Crippen molar-refractivity contribution in [2.45, 2.75) is 6.18 Å². The topological polar surface area (TPSA) is 94.3 Å². The number of hydrogen-bond donors (Lipinski definition) is 3. The van der Waals surface area contributed by atoms with Gasteiger partial charge >= 0.3 is 6.18 Å². The Morgan fingerprint density at radius 1 is 1.10 bits per heavy atom. The van der Waals surface area contributed by atoms with Crippen LogP contribution in [0.4, 0.5) is 24.5 Å². The molecule has 1 heterocycles. The summed E-state index contributed by atoms with van der Waals surface area (Å²) in [6.45, 7) is 0. The molecule has 2 rings (SSSR count). The standard InChI is InChI=1S/C12H10F3N3O2/c13-12(14,15)6-1-2-10(19)18(5-6)7-3-8(16)11(20)9(17)4-7/h1-5,20H,16-17H2. The summed E-state index contributed by atoms with van der Waals surface area (Å²) < 4.78 is 38.7. The van der Waals surface area contributed by atoms with Crippen LogP contribution < -0.4 is 17.0 Å². The quantitative estimate of drug-likeness (QED) is 0.549. The van der Waals surface area contributed by atoms with Gasteiger partial charge in [0.2, 0.25) is 0 Å². The van der Waals surface area contributed by atoms with Crippen LogP contribution in [-0.2, 0) is 6.18 Å². The molecule has 0 saturated heterocycles. The molecule has 0 fully saturated rings. The number of pyridine rings is 1. The van der Waals surface area contributed by atoms with Crippen LogP contribution in [0.1, 0.15) is 5.56 Å². The van der Waals surface area contributed by atoms with Gasteiger partial charge in [-0.2, -0.15) is 13.2 Å². The molecule has 1 aromatic carbocycles. The van der Waals surface area contributed by atoms with Gasteiger partial charge in [-0.05, 0) is 18.2 Å². The van der Waals surface area contributed by atoms with Gasteiger partial charge in [-0.1, -0.05) is 0 Å². The number of aromatic nitrogens is 1. The predicted molar refractivity (Wildman–Crippen MR) is 67.5 cm³/mol. The summed E-state index contributed by atoms with van der Waals surface area (Å²) in [5, 5.41) is 9.41. The highest BCUT2D eigenvalue weighted by Crippen LogP contribution is 2.31. The third kappa shape index (κ3) is 2.40. The van der Waals surface area contributed by atoms with Crippen LogP contribution in [0.15, 0.2) is 35.3 Å². The van der Waals surface area contributed by atoms with E-state index in [1.165, 1.54) is 0 Å². The minimum absolute atomic E-state index is 0.0360. The summed E-state index contributed by atoms with van der Waals surface area (Å²) in [7, 11) is 0. The van der Waals surface area contributed by atoms with E-state index < -0.39 is 17.3 Å². The third-order valence-electron chi connectivity index (χ3n) is 2.67. The zero-order chi connectivity index (χ0) is 15.1. The Hall–Kier alpha value is -2.64. The number of nitrogen functional groups attached to an aromatic ring is 2.